The van der Waals surface area contributed by atoms with Crippen LogP contribution in [0.2, 0.25) is 0 Å². The van der Waals surface area contributed by atoms with E-state index in [-0.39, 0.29) is 37.1 Å². The lowest BCUT2D eigenvalue weighted by Gasteiger charge is -2.43. The second-order valence-corrected chi connectivity index (χ2v) is 8.73. The average molecular weight is 499 g/mol. The highest BCUT2D eigenvalue weighted by atomic mass is 19.4. The van der Waals surface area contributed by atoms with Gasteiger partial charge in [0.1, 0.15) is 18.0 Å². The van der Waals surface area contributed by atoms with Crippen LogP contribution >= 0.6 is 0 Å². The minimum absolute atomic E-state index is 0.00288. The number of rotatable bonds is 7. The molecule has 0 unspecified atom stereocenters. The highest BCUT2D eigenvalue weighted by Gasteiger charge is 2.58. The first-order chi connectivity index (χ1) is 17.1. The number of benzene rings is 2. The van der Waals surface area contributed by atoms with E-state index in [0.29, 0.717) is 24.9 Å². The number of esters is 1. The summed E-state index contributed by atoms with van der Waals surface area (Å²) in [6, 6.07) is 12.0. The number of anilines is 2. The van der Waals surface area contributed by atoms with Crippen molar-refractivity contribution in [2.45, 2.75) is 43.8 Å². The molecule has 1 spiro atoms. The Hall–Kier alpha value is -3.84. The summed E-state index contributed by atoms with van der Waals surface area (Å²) < 4.78 is 45.5. The van der Waals surface area contributed by atoms with E-state index >= 15 is 0 Å². The molecule has 1 saturated heterocycles. The molecule has 2 fully saturated rings. The van der Waals surface area contributed by atoms with E-state index in [1.165, 1.54) is 11.0 Å². The Balaban J connectivity index is 1.61. The Labute approximate surface area is 206 Å². The van der Waals surface area contributed by atoms with Crippen molar-refractivity contribution in [2.75, 3.05) is 23.0 Å². The van der Waals surface area contributed by atoms with Crippen molar-refractivity contribution in [3.8, 4) is 6.07 Å². The van der Waals surface area contributed by atoms with Crippen molar-refractivity contribution in [3.05, 3.63) is 71.6 Å². The van der Waals surface area contributed by atoms with Gasteiger partial charge < -0.3 is 14.7 Å². The zero-order valence-electron chi connectivity index (χ0n) is 19.3. The second-order valence-electron chi connectivity index (χ2n) is 8.73. The van der Waals surface area contributed by atoms with Gasteiger partial charge in [0, 0.05) is 12.1 Å². The monoisotopic (exact) mass is 499 g/mol. The number of hydrogen-bond acceptors (Lipinski definition) is 6. The maximum absolute atomic E-state index is 13.6. The minimum atomic E-state index is -4.75. The third-order valence-electron chi connectivity index (χ3n) is 6.58. The SMILES string of the molecule is C=C1N(c2ccc(C#N)c(C(F)(F)F)c2)C(=O)C2(CCC2)N1c1ccc(CCC(=O)OCCO)cc1. The topological polar surface area (TPSA) is 93.9 Å². The van der Waals surface area contributed by atoms with Crippen molar-refractivity contribution in [3.63, 3.8) is 0 Å². The van der Waals surface area contributed by atoms with Gasteiger partial charge in [-0.25, -0.2) is 0 Å². The lowest BCUT2D eigenvalue weighted by atomic mass is 9.75. The molecule has 1 aliphatic carbocycles. The molecule has 0 bridgehead atoms. The van der Waals surface area contributed by atoms with E-state index in [4.69, 9.17) is 15.1 Å². The Morgan fingerprint density at radius 2 is 1.83 bits per heavy atom. The molecule has 10 heteroatoms. The lowest BCUT2D eigenvalue weighted by Crippen LogP contribution is -2.54. The molecule has 188 valence electrons. The van der Waals surface area contributed by atoms with Gasteiger partial charge in [-0.1, -0.05) is 18.7 Å². The standard InChI is InChI=1S/C26H24F3N3O4/c1-17-31(21-9-6-19(16-30)22(15-21)26(27,28)29)24(35)25(11-2-12-25)32(17)20-7-3-18(4-8-20)5-10-23(34)36-14-13-33/h3-4,6-9,15,33H,1-2,5,10-14H2. The quantitative estimate of drug-likeness (QED) is 0.572. The second kappa shape index (κ2) is 9.66. The molecule has 2 aliphatic rings. The number of hydrogen-bond donors (Lipinski definition) is 1. The molecule has 7 nitrogen and oxygen atoms in total. The summed E-state index contributed by atoms with van der Waals surface area (Å²) in [7, 11) is 0. The van der Waals surface area contributed by atoms with Gasteiger partial charge in [0.05, 0.1) is 29.5 Å². The first kappa shape index (κ1) is 25.3. The zero-order chi connectivity index (χ0) is 26.1. The molecule has 0 radical (unpaired) electrons. The Morgan fingerprint density at radius 1 is 1.17 bits per heavy atom. The Kier molecular flexibility index (Phi) is 6.78. The fourth-order valence-corrected chi connectivity index (χ4v) is 4.67. The van der Waals surface area contributed by atoms with Gasteiger partial charge in [-0.2, -0.15) is 18.4 Å². The van der Waals surface area contributed by atoms with Crippen LogP contribution in [0, 0.1) is 11.3 Å². The molecule has 0 atom stereocenters. The van der Waals surface area contributed by atoms with E-state index in [0.717, 1.165) is 24.1 Å². The molecule has 1 saturated carbocycles. The number of carbonyl (C=O) groups excluding carboxylic acids is 2. The maximum atomic E-state index is 13.6. The van der Waals surface area contributed by atoms with Gasteiger partial charge in [-0.05, 0) is 61.6 Å². The van der Waals surface area contributed by atoms with Gasteiger partial charge in [0.2, 0.25) is 0 Å². The number of carbonyl (C=O) groups is 2. The van der Waals surface area contributed by atoms with Crippen LogP contribution in [-0.2, 0) is 26.9 Å². The summed E-state index contributed by atoms with van der Waals surface area (Å²) >= 11 is 0. The zero-order valence-corrected chi connectivity index (χ0v) is 19.3. The minimum Gasteiger partial charge on any atom is -0.463 e. The predicted octanol–water partition coefficient (Wildman–Crippen LogP) is 4.29. The van der Waals surface area contributed by atoms with Crippen LogP contribution in [0.25, 0.3) is 0 Å². The highest BCUT2D eigenvalue weighted by Crippen LogP contribution is 2.50. The number of aliphatic hydroxyl groups is 1. The summed E-state index contributed by atoms with van der Waals surface area (Å²) in [6.07, 6.45) is -2.33. The molecule has 0 aromatic heterocycles. The van der Waals surface area contributed by atoms with Gasteiger partial charge in [0.15, 0.2) is 0 Å². The van der Waals surface area contributed by atoms with Gasteiger partial charge >= 0.3 is 12.1 Å². The molecule has 1 amide bonds. The van der Waals surface area contributed by atoms with Crippen LogP contribution in [0.15, 0.2) is 54.9 Å². The number of ether oxygens (including phenoxy) is 1. The van der Waals surface area contributed by atoms with E-state index < -0.39 is 28.8 Å². The molecule has 2 aromatic rings. The van der Waals surface area contributed by atoms with Crippen molar-refractivity contribution >= 4 is 23.3 Å². The lowest BCUT2D eigenvalue weighted by molar-refractivity contribution is -0.144. The number of amides is 1. The third-order valence-corrected chi connectivity index (χ3v) is 6.58. The highest BCUT2D eigenvalue weighted by molar-refractivity contribution is 6.11. The van der Waals surface area contributed by atoms with Crippen molar-refractivity contribution < 1.29 is 32.6 Å². The summed E-state index contributed by atoms with van der Waals surface area (Å²) in [6.45, 7) is 3.76. The normalized spacial score (nSPS) is 16.8. The molecule has 36 heavy (non-hydrogen) atoms. The predicted molar refractivity (Wildman–Crippen MR) is 125 cm³/mol. The fraction of sp³-hybridized carbons (Fsp3) is 0.346. The van der Waals surface area contributed by atoms with Gasteiger partial charge in [-0.15, -0.1) is 0 Å². The number of aliphatic hydroxyl groups excluding tert-OH is 1. The average Bonchev–Trinajstić information content (AvgIpc) is 3.07. The van der Waals surface area contributed by atoms with E-state index in [2.05, 4.69) is 6.58 Å². The van der Waals surface area contributed by atoms with Crippen LogP contribution in [0.4, 0.5) is 24.5 Å². The summed E-state index contributed by atoms with van der Waals surface area (Å²) in [4.78, 5) is 28.2. The fourth-order valence-electron chi connectivity index (χ4n) is 4.67. The smallest absolute Gasteiger partial charge is 0.417 e. The summed E-state index contributed by atoms with van der Waals surface area (Å²) in [5.41, 5.74) is -1.04. The van der Waals surface area contributed by atoms with Crippen LogP contribution in [0.3, 0.4) is 0 Å². The first-order valence-electron chi connectivity index (χ1n) is 11.4. The van der Waals surface area contributed by atoms with Crippen molar-refractivity contribution in [2.24, 2.45) is 0 Å². The maximum Gasteiger partial charge on any atom is 0.417 e. The number of aryl methyl sites for hydroxylation is 1. The number of nitrogens with zero attached hydrogens (tertiary/aromatic N) is 3. The number of alkyl halides is 3. The van der Waals surface area contributed by atoms with Crippen molar-refractivity contribution in [1.82, 2.24) is 0 Å². The molecule has 4 rings (SSSR count). The molecule has 2 aromatic carbocycles. The van der Waals surface area contributed by atoms with Gasteiger partial charge in [0.25, 0.3) is 5.91 Å². The largest absolute Gasteiger partial charge is 0.463 e. The van der Waals surface area contributed by atoms with E-state index in [1.54, 1.807) is 23.1 Å². The Bertz CT molecular complexity index is 1230. The number of nitriles is 1. The van der Waals surface area contributed by atoms with Crippen LogP contribution in [0.5, 0.6) is 0 Å². The van der Waals surface area contributed by atoms with Crippen LogP contribution < -0.4 is 9.80 Å². The molecular formula is C26H24F3N3O4. The third kappa shape index (κ3) is 4.42. The first-order valence-corrected chi connectivity index (χ1v) is 11.4. The van der Waals surface area contributed by atoms with Crippen LogP contribution in [0.1, 0.15) is 42.4 Å². The molecular weight excluding hydrogens is 475 g/mol. The summed E-state index contributed by atoms with van der Waals surface area (Å²) in [5.74, 6) is -0.540. The summed E-state index contributed by atoms with van der Waals surface area (Å²) in [5, 5.41) is 17.8. The Morgan fingerprint density at radius 3 is 2.39 bits per heavy atom. The molecule has 1 aliphatic heterocycles. The number of halogens is 3. The molecule has 1 heterocycles. The van der Waals surface area contributed by atoms with E-state index in [9.17, 15) is 22.8 Å². The van der Waals surface area contributed by atoms with Crippen LogP contribution in [-0.4, -0.2) is 35.7 Å². The molecule has 1 N–H and O–H groups in total. The van der Waals surface area contributed by atoms with Gasteiger partial charge in [-0.3, -0.25) is 14.5 Å². The van der Waals surface area contributed by atoms with Crippen molar-refractivity contribution in [1.29, 1.82) is 5.26 Å². The van der Waals surface area contributed by atoms with E-state index in [1.807, 2.05) is 12.1 Å².